The van der Waals surface area contributed by atoms with Crippen LogP contribution in [0.25, 0.3) is 0 Å². The molecule has 3 aromatic carbocycles. The molecule has 6 nitrogen and oxygen atoms in total. The molecule has 0 fully saturated rings. The number of halogens is 1. The van der Waals surface area contributed by atoms with Crippen molar-refractivity contribution in [3.05, 3.63) is 88.4 Å². The third-order valence-corrected chi connectivity index (χ3v) is 7.03. The molecule has 174 valence electrons. The van der Waals surface area contributed by atoms with Gasteiger partial charge in [-0.25, -0.2) is 8.42 Å². The van der Waals surface area contributed by atoms with Crippen molar-refractivity contribution in [2.24, 2.45) is 0 Å². The monoisotopic (exact) mass is 486 g/mol. The summed E-state index contributed by atoms with van der Waals surface area (Å²) < 4.78 is 33.7. The minimum Gasteiger partial charge on any atom is -0.492 e. The summed E-state index contributed by atoms with van der Waals surface area (Å²) >= 11 is 6.15. The molecule has 0 aromatic heterocycles. The number of rotatable bonds is 9. The van der Waals surface area contributed by atoms with E-state index in [9.17, 15) is 13.2 Å². The van der Waals surface area contributed by atoms with Crippen molar-refractivity contribution in [3.8, 4) is 5.75 Å². The summed E-state index contributed by atoms with van der Waals surface area (Å²) in [5.74, 6) is 0.264. The highest BCUT2D eigenvalue weighted by molar-refractivity contribution is 7.92. The molecule has 0 aliphatic heterocycles. The predicted octanol–water partition coefficient (Wildman–Crippen LogP) is 4.66. The summed E-state index contributed by atoms with van der Waals surface area (Å²) in [4.78, 5) is 12.8. The number of carbonyl (C=O) groups is 1. The fourth-order valence-electron chi connectivity index (χ4n) is 3.24. The number of benzene rings is 3. The van der Waals surface area contributed by atoms with Crippen LogP contribution in [-0.4, -0.2) is 34.0 Å². The van der Waals surface area contributed by atoms with Gasteiger partial charge in [0.2, 0.25) is 5.91 Å². The number of ether oxygens (including phenoxy) is 1. The number of amides is 1. The molecule has 0 bridgehead atoms. The highest BCUT2D eigenvalue weighted by Crippen LogP contribution is 2.29. The molecular weight excluding hydrogens is 460 g/mol. The zero-order valence-electron chi connectivity index (χ0n) is 18.8. The average molecular weight is 487 g/mol. The van der Waals surface area contributed by atoms with E-state index in [-0.39, 0.29) is 24.6 Å². The Balaban J connectivity index is 1.76. The first-order valence-corrected chi connectivity index (χ1v) is 12.3. The quantitative estimate of drug-likeness (QED) is 0.446. The van der Waals surface area contributed by atoms with Gasteiger partial charge in [-0.3, -0.25) is 9.10 Å². The summed E-state index contributed by atoms with van der Waals surface area (Å²) in [7, 11) is -4.00. The predicted molar refractivity (Wildman–Crippen MR) is 132 cm³/mol. The Morgan fingerprint density at radius 3 is 2.39 bits per heavy atom. The smallest absolute Gasteiger partial charge is 0.264 e. The van der Waals surface area contributed by atoms with Crippen molar-refractivity contribution < 1.29 is 17.9 Å². The lowest BCUT2D eigenvalue weighted by Gasteiger charge is -2.26. The maximum atomic E-state index is 13.5. The summed E-state index contributed by atoms with van der Waals surface area (Å²) in [6.45, 7) is 5.73. The van der Waals surface area contributed by atoms with Gasteiger partial charge < -0.3 is 10.1 Å². The molecule has 0 heterocycles. The number of nitrogens with zero attached hydrogens (tertiary/aromatic N) is 1. The summed E-state index contributed by atoms with van der Waals surface area (Å²) in [5, 5.41) is 3.11. The maximum absolute atomic E-state index is 13.5. The molecule has 0 unspecified atom stereocenters. The van der Waals surface area contributed by atoms with Gasteiger partial charge in [-0.1, -0.05) is 47.5 Å². The zero-order valence-corrected chi connectivity index (χ0v) is 20.4. The lowest BCUT2D eigenvalue weighted by Crippen LogP contribution is -2.42. The number of sulfonamides is 1. The molecule has 0 saturated heterocycles. The van der Waals surface area contributed by atoms with Crippen molar-refractivity contribution in [1.29, 1.82) is 0 Å². The number of nitrogens with one attached hydrogen (secondary N) is 1. The summed E-state index contributed by atoms with van der Waals surface area (Å²) in [6, 6.07) is 19.1. The van der Waals surface area contributed by atoms with Crippen LogP contribution in [0.5, 0.6) is 5.75 Å². The van der Waals surface area contributed by atoms with E-state index in [1.54, 1.807) is 37.3 Å². The minimum absolute atomic E-state index is 0.100. The molecule has 1 N–H and O–H groups in total. The van der Waals surface area contributed by atoms with E-state index in [2.05, 4.69) is 5.32 Å². The van der Waals surface area contributed by atoms with Crippen LogP contribution >= 0.6 is 11.6 Å². The van der Waals surface area contributed by atoms with Crippen LogP contribution in [0.15, 0.2) is 71.6 Å². The van der Waals surface area contributed by atoms with Crippen molar-refractivity contribution in [2.75, 3.05) is 24.0 Å². The molecule has 8 heteroatoms. The molecule has 0 aliphatic rings. The summed E-state index contributed by atoms with van der Waals surface area (Å²) in [5.41, 5.74) is 3.05. The molecule has 3 aromatic rings. The molecule has 33 heavy (non-hydrogen) atoms. The fourth-order valence-corrected chi connectivity index (χ4v) is 4.88. The van der Waals surface area contributed by atoms with Gasteiger partial charge in [0.15, 0.2) is 0 Å². The molecule has 0 aliphatic carbocycles. The van der Waals surface area contributed by atoms with Crippen LogP contribution in [0.1, 0.15) is 16.7 Å². The number of hydrogen-bond acceptors (Lipinski definition) is 4. The third kappa shape index (κ3) is 6.49. The minimum atomic E-state index is -4.00. The van der Waals surface area contributed by atoms with Gasteiger partial charge in [-0.15, -0.1) is 0 Å². The number of aryl methyl sites for hydroxylation is 3. The summed E-state index contributed by atoms with van der Waals surface area (Å²) in [6.07, 6.45) is 0. The van der Waals surface area contributed by atoms with Crippen LogP contribution in [0, 0.1) is 20.8 Å². The standard InChI is InChI=1S/C25H27ClN2O4S/c1-18-7-11-23(12-8-18)33(30,31)28(24-16-21(26)10-9-20(24)3)17-25(29)27-13-14-32-22-6-4-5-19(2)15-22/h4-12,15-16H,13-14,17H2,1-3H3,(H,27,29). The zero-order chi connectivity index (χ0) is 24.0. The van der Waals surface area contributed by atoms with Crippen LogP contribution in [0.2, 0.25) is 5.02 Å². The second-order valence-electron chi connectivity index (χ2n) is 7.77. The SMILES string of the molecule is Cc1ccc(S(=O)(=O)N(CC(=O)NCCOc2cccc(C)c2)c2cc(Cl)ccc2C)cc1. The molecule has 0 saturated carbocycles. The van der Waals surface area contributed by atoms with Crippen molar-refractivity contribution in [3.63, 3.8) is 0 Å². The average Bonchev–Trinajstić information content (AvgIpc) is 2.77. The van der Waals surface area contributed by atoms with E-state index in [0.29, 0.717) is 22.0 Å². The van der Waals surface area contributed by atoms with Crippen molar-refractivity contribution in [1.82, 2.24) is 5.32 Å². The van der Waals surface area contributed by atoms with Gasteiger partial charge in [-0.05, 0) is 68.3 Å². The second kappa shape index (κ2) is 10.7. The number of anilines is 1. The lowest BCUT2D eigenvalue weighted by molar-refractivity contribution is -0.119. The Bertz CT molecular complexity index is 1230. The highest BCUT2D eigenvalue weighted by Gasteiger charge is 2.28. The Kier molecular flexibility index (Phi) is 8.00. The van der Waals surface area contributed by atoms with E-state index in [1.807, 2.05) is 38.1 Å². The van der Waals surface area contributed by atoms with Gasteiger partial charge in [0.25, 0.3) is 10.0 Å². The molecule has 0 spiro atoms. The van der Waals surface area contributed by atoms with Crippen LogP contribution in [0.4, 0.5) is 5.69 Å². The Hall–Kier alpha value is -3.03. The van der Waals surface area contributed by atoms with Gasteiger partial charge in [0, 0.05) is 5.02 Å². The third-order valence-electron chi connectivity index (χ3n) is 5.02. The Labute approximate surface area is 200 Å². The van der Waals surface area contributed by atoms with Gasteiger partial charge in [0.1, 0.15) is 18.9 Å². The van der Waals surface area contributed by atoms with Crippen LogP contribution in [-0.2, 0) is 14.8 Å². The van der Waals surface area contributed by atoms with Crippen LogP contribution < -0.4 is 14.4 Å². The largest absolute Gasteiger partial charge is 0.492 e. The Morgan fingerprint density at radius 2 is 1.70 bits per heavy atom. The Morgan fingerprint density at radius 1 is 0.970 bits per heavy atom. The molecule has 0 atom stereocenters. The van der Waals surface area contributed by atoms with Gasteiger partial charge in [0.05, 0.1) is 17.1 Å². The maximum Gasteiger partial charge on any atom is 0.264 e. The number of hydrogen-bond donors (Lipinski definition) is 1. The van der Waals surface area contributed by atoms with Crippen molar-refractivity contribution >= 4 is 33.2 Å². The van der Waals surface area contributed by atoms with Gasteiger partial charge in [-0.2, -0.15) is 0 Å². The normalized spacial score (nSPS) is 11.2. The molecular formula is C25H27ClN2O4S. The van der Waals surface area contributed by atoms with E-state index >= 15 is 0 Å². The molecule has 1 amide bonds. The van der Waals surface area contributed by atoms with E-state index in [4.69, 9.17) is 16.3 Å². The number of carbonyl (C=O) groups excluding carboxylic acids is 1. The fraction of sp³-hybridized carbons (Fsp3) is 0.240. The van der Waals surface area contributed by atoms with E-state index in [0.717, 1.165) is 15.4 Å². The van der Waals surface area contributed by atoms with E-state index < -0.39 is 15.9 Å². The molecule has 3 rings (SSSR count). The van der Waals surface area contributed by atoms with E-state index in [1.165, 1.54) is 12.1 Å². The van der Waals surface area contributed by atoms with Gasteiger partial charge >= 0.3 is 0 Å². The first-order chi connectivity index (χ1) is 15.7. The van der Waals surface area contributed by atoms with Crippen LogP contribution in [0.3, 0.4) is 0 Å². The lowest BCUT2D eigenvalue weighted by atomic mass is 10.2. The first-order valence-electron chi connectivity index (χ1n) is 10.5. The van der Waals surface area contributed by atoms with Crippen molar-refractivity contribution in [2.45, 2.75) is 25.7 Å². The first kappa shape index (κ1) is 24.6. The second-order valence-corrected chi connectivity index (χ2v) is 10.1. The highest BCUT2D eigenvalue weighted by atomic mass is 35.5. The topological polar surface area (TPSA) is 75.7 Å². The molecule has 0 radical (unpaired) electrons.